The van der Waals surface area contributed by atoms with E-state index in [0.29, 0.717) is 12.8 Å². The lowest BCUT2D eigenvalue weighted by atomic mass is 9.75. The minimum Gasteiger partial charge on any atom is -0.490 e. The van der Waals surface area contributed by atoms with Crippen LogP contribution in [0.4, 0.5) is 13.2 Å². The molecule has 0 bridgehead atoms. The molecule has 0 aliphatic heterocycles. The molecule has 6 heteroatoms. The van der Waals surface area contributed by atoms with Crippen LogP contribution in [0, 0.1) is 11.2 Å². The van der Waals surface area contributed by atoms with Crippen molar-refractivity contribution < 1.29 is 22.7 Å². The molecule has 3 nitrogen and oxygen atoms in total. The zero-order valence-corrected chi connectivity index (χ0v) is 11.8. The van der Waals surface area contributed by atoms with Gasteiger partial charge in [-0.25, -0.2) is 13.2 Å². The van der Waals surface area contributed by atoms with Crippen molar-refractivity contribution in [3.05, 3.63) is 29.6 Å². The van der Waals surface area contributed by atoms with Crippen LogP contribution in [0.1, 0.15) is 43.0 Å². The average Bonchev–Trinajstić information content (AvgIpc) is 2.41. The maximum atomic E-state index is 14.0. The first-order valence-electron chi connectivity index (χ1n) is 6.81. The Bertz CT molecular complexity index is 536. The van der Waals surface area contributed by atoms with E-state index in [1.54, 1.807) is 0 Å². The Hall–Kier alpha value is -1.72. The maximum Gasteiger partial charge on any atom is 0.251 e. The number of hydrogen-bond acceptors (Lipinski definition) is 2. The van der Waals surface area contributed by atoms with E-state index < -0.39 is 23.1 Å². The van der Waals surface area contributed by atoms with E-state index in [-0.39, 0.29) is 30.8 Å². The number of halogens is 3. The fourth-order valence-corrected chi connectivity index (χ4v) is 2.43. The molecule has 1 aliphatic rings. The summed E-state index contributed by atoms with van der Waals surface area (Å²) >= 11 is 0. The number of rotatable bonds is 4. The van der Waals surface area contributed by atoms with Crippen LogP contribution < -0.4 is 10.5 Å². The van der Waals surface area contributed by atoms with Gasteiger partial charge in [0.25, 0.3) is 5.91 Å². The topological polar surface area (TPSA) is 52.3 Å². The highest BCUT2D eigenvalue weighted by Crippen LogP contribution is 2.43. The zero-order valence-electron chi connectivity index (χ0n) is 11.8. The second-order valence-electron chi connectivity index (χ2n) is 5.94. The van der Waals surface area contributed by atoms with Crippen LogP contribution in [0.5, 0.6) is 5.75 Å². The number of carbonyl (C=O) groups excluding carboxylic acids is 1. The Morgan fingerprint density at radius 3 is 2.48 bits per heavy atom. The number of ether oxygens (including phenoxy) is 1. The summed E-state index contributed by atoms with van der Waals surface area (Å²) in [4.78, 5) is 11.1. The Balaban J connectivity index is 2.04. The summed E-state index contributed by atoms with van der Waals surface area (Å²) in [5.41, 5.74) is 4.40. The quantitative estimate of drug-likeness (QED) is 0.925. The molecule has 0 radical (unpaired) electrons. The highest BCUT2D eigenvalue weighted by molar-refractivity contribution is 5.93. The summed E-state index contributed by atoms with van der Waals surface area (Å²) in [5.74, 6) is -4.38. The molecule has 0 spiro atoms. The molecule has 1 fully saturated rings. The van der Waals surface area contributed by atoms with Crippen LogP contribution in [0.25, 0.3) is 0 Å². The molecule has 116 valence electrons. The van der Waals surface area contributed by atoms with Gasteiger partial charge >= 0.3 is 0 Å². The molecule has 1 aromatic rings. The summed E-state index contributed by atoms with van der Waals surface area (Å²) in [6.45, 7) is 1.97. The first kappa shape index (κ1) is 15.7. The smallest absolute Gasteiger partial charge is 0.251 e. The summed E-state index contributed by atoms with van der Waals surface area (Å²) in [6.07, 6.45) is 0.265. The first-order valence-corrected chi connectivity index (χ1v) is 6.81. The van der Waals surface area contributed by atoms with Crippen LogP contribution >= 0.6 is 0 Å². The van der Waals surface area contributed by atoms with Gasteiger partial charge in [-0.1, -0.05) is 13.0 Å². The van der Waals surface area contributed by atoms with Crippen LogP contribution in [0.3, 0.4) is 0 Å². The maximum absolute atomic E-state index is 14.0. The predicted molar refractivity (Wildman–Crippen MR) is 71.9 cm³/mol. The third kappa shape index (κ3) is 3.68. The normalized spacial score (nSPS) is 20.0. The Labute approximate surface area is 121 Å². The largest absolute Gasteiger partial charge is 0.490 e. The summed E-state index contributed by atoms with van der Waals surface area (Å²) in [7, 11) is 0. The van der Waals surface area contributed by atoms with Gasteiger partial charge in [-0.15, -0.1) is 0 Å². The molecule has 0 saturated heterocycles. The molecule has 1 aliphatic carbocycles. The average molecular weight is 301 g/mol. The van der Waals surface area contributed by atoms with E-state index in [1.807, 2.05) is 6.92 Å². The highest BCUT2D eigenvalue weighted by atomic mass is 19.3. The number of carbonyl (C=O) groups is 1. The van der Waals surface area contributed by atoms with Gasteiger partial charge in [-0.05, 0) is 25.0 Å². The minimum absolute atomic E-state index is 0.0788. The fraction of sp³-hybridized carbons (Fsp3) is 0.533. The van der Waals surface area contributed by atoms with Crippen molar-refractivity contribution >= 4 is 5.91 Å². The molecule has 21 heavy (non-hydrogen) atoms. The van der Waals surface area contributed by atoms with Gasteiger partial charge in [-0.3, -0.25) is 4.79 Å². The lowest BCUT2D eigenvalue weighted by Gasteiger charge is -2.36. The monoisotopic (exact) mass is 301 g/mol. The van der Waals surface area contributed by atoms with E-state index >= 15 is 0 Å². The zero-order chi connectivity index (χ0) is 15.7. The van der Waals surface area contributed by atoms with Gasteiger partial charge in [-0.2, -0.15) is 0 Å². The molecule has 0 heterocycles. The van der Waals surface area contributed by atoms with Crippen LogP contribution in [0.2, 0.25) is 0 Å². The van der Waals surface area contributed by atoms with Gasteiger partial charge in [0, 0.05) is 18.3 Å². The van der Waals surface area contributed by atoms with Crippen molar-refractivity contribution in [3.8, 4) is 5.75 Å². The van der Waals surface area contributed by atoms with E-state index in [0.717, 1.165) is 0 Å². The lowest BCUT2D eigenvalue weighted by molar-refractivity contribution is -0.0713. The van der Waals surface area contributed by atoms with Crippen molar-refractivity contribution in [2.45, 2.75) is 38.5 Å². The van der Waals surface area contributed by atoms with Gasteiger partial charge < -0.3 is 10.5 Å². The minimum atomic E-state index is -2.61. The van der Waals surface area contributed by atoms with E-state index in [2.05, 4.69) is 0 Å². The van der Waals surface area contributed by atoms with Crippen molar-refractivity contribution in [1.29, 1.82) is 0 Å². The Morgan fingerprint density at radius 2 is 1.90 bits per heavy atom. The number of primary amides is 1. The molecular weight excluding hydrogens is 283 g/mol. The summed E-state index contributed by atoms with van der Waals surface area (Å²) in [6, 6.07) is 4.13. The van der Waals surface area contributed by atoms with E-state index in [9.17, 15) is 18.0 Å². The van der Waals surface area contributed by atoms with E-state index in [4.69, 9.17) is 10.5 Å². The molecule has 1 amide bonds. The number of alkyl halides is 2. The second kappa shape index (κ2) is 5.58. The molecule has 0 aromatic heterocycles. The van der Waals surface area contributed by atoms with Crippen molar-refractivity contribution in [1.82, 2.24) is 0 Å². The van der Waals surface area contributed by atoms with Gasteiger partial charge in [0.05, 0.1) is 12.2 Å². The Kier molecular flexibility index (Phi) is 4.16. The molecule has 2 N–H and O–H groups in total. The summed E-state index contributed by atoms with van der Waals surface area (Å²) < 4.78 is 45.7. The third-order valence-corrected chi connectivity index (χ3v) is 3.99. The number of benzene rings is 1. The predicted octanol–water partition coefficient (Wildman–Crippen LogP) is 3.52. The molecular formula is C15H18F3NO2. The molecule has 2 rings (SSSR count). The van der Waals surface area contributed by atoms with Crippen molar-refractivity contribution in [2.24, 2.45) is 11.1 Å². The van der Waals surface area contributed by atoms with Crippen molar-refractivity contribution in [3.63, 3.8) is 0 Å². The standard InChI is InChI=1S/C15H18F3NO2/c1-14(5-7-15(17,18)8-6-14)9-21-11-4-2-3-10(12(11)16)13(19)20/h2-4H,5-9H2,1H3,(H2,19,20). The van der Waals surface area contributed by atoms with Gasteiger partial charge in [0.1, 0.15) is 0 Å². The molecule has 0 unspecified atom stereocenters. The second-order valence-corrected chi connectivity index (χ2v) is 5.94. The van der Waals surface area contributed by atoms with Crippen LogP contribution in [0.15, 0.2) is 18.2 Å². The molecule has 0 atom stereocenters. The number of hydrogen-bond donors (Lipinski definition) is 1. The number of amides is 1. The first-order chi connectivity index (χ1) is 9.72. The summed E-state index contributed by atoms with van der Waals surface area (Å²) in [5, 5.41) is 0. The SMILES string of the molecule is CC1(COc2cccc(C(N)=O)c2F)CCC(F)(F)CC1. The third-order valence-electron chi connectivity index (χ3n) is 3.99. The van der Waals surface area contributed by atoms with E-state index in [1.165, 1.54) is 18.2 Å². The lowest BCUT2D eigenvalue weighted by Crippen LogP contribution is -2.35. The van der Waals surface area contributed by atoms with Gasteiger partial charge in [0.2, 0.25) is 5.92 Å². The molecule has 1 aromatic carbocycles. The van der Waals surface area contributed by atoms with Crippen molar-refractivity contribution in [2.75, 3.05) is 6.61 Å². The highest BCUT2D eigenvalue weighted by Gasteiger charge is 2.41. The Morgan fingerprint density at radius 1 is 1.29 bits per heavy atom. The number of nitrogens with two attached hydrogens (primary N) is 1. The van der Waals surface area contributed by atoms with Crippen LogP contribution in [-0.2, 0) is 0 Å². The van der Waals surface area contributed by atoms with Crippen LogP contribution in [-0.4, -0.2) is 18.4 Å². The fourth-order valence-electron chi connectivity index (χ4n) is 2.43. The molecule has 1 saturated carbocycles. The van der Waals surface area contributed by atoms with Gasteiger partial charge in [0.15, 0.2) is 11.6 Å².